The fourth-order valence-corrected chi connectivity index (χ4v) is 3.37. The second-order valence-corrected chi connectivity index (χ2v) is 5.65. The minimum absolute atomic E-state index is 0.855. The van der Waals surface area contributed by atoms with Gasteiger partial charge in [-0.1, -0.05) is 6.92 Å². The van der Waals surface area contributed by atoms with Gasteiger partial charge in [0, 0.05) is 19.1 Å². The van der Waals surface area contributed by atoms with Crippen LogP contribution in [0.15, 0.2) is 16.8 Å². The van der Waals surface area contributed by atoms with Crippen LogP contribution in [-0.4, -0.2) is 37.1 Å². The van der Waals surface area contributed by atoms with Gasteiger partial charge in [-0.25, -0.2) is 0 Å². The van der Waals surface area contributed by atoms with E-state index >= 15 is 0 Å². The largest absolute Gasteiger partial charge is 0.315 e. The summed E-state index contributed by atoms with van der Waals surface area (Å²) in [6, 6.07) is 3.08. The van der Waals surface area contributed by atoms with Gasteiger partial charge >= 0.3 is 0 Å². The molecule has 2 nitrogen and oxygen atoms in total. The number of nitrogens with one attached hydrogen (secondary N) is 1. The molecule has 96 valence electrons. The molecule has 0 bridgehead atoms. The van der Waals surface area contributed by atoms with Gasteiger partial charge in [0.1, 0.15) is 0 Å². The lowest BCUT2D eigenvalue weighted by atomic mass is 10.2. The van der Waals surface area contributed by atoms with E-state index in [4.69, 9.17) is 0 Å². The van der Waals surface area contributed by atoms with E-state index in [1.807, 2.05) is 0 Å². The first kappa shape index (κ1) is 13.1. The number of thiophene rings is 1. The average Bonchev–Trinajstić information content (AvgIpc) is 2.98. The molecule has 3 heteroatoms. The van der Waals surface area contributed by atoms with Crippen molar-refractivity contribution in [1.82, 2.24) is 10.2 Å². The van der Waals surface area contributed by atoms with Crippen LogP contribution in [0.25, 0.3) is 0 Å². The van der Waals surface area contributed by atoms with Gasteiger partial charge in [0.05, 0.1) is 0 Å². The van der Waals surface area contributed by atoms with Crippen LogP contribution in [-0.2, 0) is 6.42 Å². The SMILES string of the molecule is CCC1CCCN1CCNCCc1ccsc1. The van der Waals surface area contributed by atoms with E-state index in [2.05, 4.69) is 34.0 Å². The highest BCUT2D eigenvalue weighted by Crippen LogP contribution is 2.18. The van der Waals surface area contributed by atoms with Gasteiger partial charge in [-0.15, -0.1) is 0 Å². The summed E-state index contributed by atoms with van der Waals surface area (Å²) in [4.78, 5) is 2.65. The summed E-state index contributed by atoms with van der Waals surface area (Å²) in [6.07, 6.45) is 5.29. The van der Waals surface area contributed by atoms with Crippen molar-refractivity contribution in [3.63, 3.8) is 0 Å². The molecule has 1 aliphatic heterocycles. The van der Waals surface area contributed by atoms with Crippen LogP contribution in [0.5, 0.6) is 0 Å². The zero-order valence-electron chi connectivity index (χ0n) is 10.8. The van der Waals surface area contributed by atoms with Crippen LogP contribution in [0.1, 0.15) is 31.7 Å². The number of nitrogens with zero attached hydrogens (tertiary/aromatic N) is 1. The molecule has 0 aromatic carbocycles. The molecule has 0 saturated carbocycles. The highest BCUT2D eigenvalue weighted by Gasteiger charge is 2.21. The zero-order valence-corrected chi connectivity index (χ0v) is 11.6. The summed E-state index contributed by atoms with van der Waals surface area (Å²) >= 11 is 1.79. The Morgan fingerprint density at radius 2 is 2.41 bits per heavy atom. The normalized spacial score (nSPS) is 21.1. The molecule has 1 aromatic rings. The summed E-state index contributed by atoms with van der Waals surface area (Å²) < 4.78 is 0. The van der Waals surface area contributed by atoms with Gasteiger partial charge < -0.3 is 5.32 Å². The van der Waals surface area contributed by atoms with Crippen LogP contribution in [0.2, 0.25) is 0 Å². The Labute approximate surface area is 109 Å². The van der Waals surface area contributed by atoms with Gasteiger partial charge in [0.25, 0.3) is 0 Å². The summed E-state index contributed by atoms with van der Waals surface area (Å²) in [5, 5.41) is 7.96. The molecule has 17 heavy (non-hydrogen) atoms. The first-order valence-electron chi connectivity index (χ1n) is 6.86. The van der Waals surface area contributed by atoms with Crippen molar-refractivity contribution >= 4 is 11.3 Å². The second-order valence-electron chi connectivity index (χ2n) is 4.87. The first-order chi connectivity index (χ1) is 8.40. The molecule has 1 fully saturated rings. The maximum absolute atomic E-state index is 3.56. The smallest absolute Gasteiger partial charge is 0.0110 e. The zero-order chi connectivity index (χ0) is 11.9. The lowest BCUT2D eigenvalue weighted by molar-refractivity contribution is 0.248. The minimum atomic E-state index is 0.855. The third-order valence-electron chi connectivity index (χ3n) is 3.72. The Morgan fingerprint density at radius 1 is 1.47 bits per heavy atom. The molecule has 1 unspecified atom stereocenters. The lowest BCUT2D eigenvalue weighted by Crippen LogP contribution is -2.35. The Bertz CT molecular complexity index is 297. The molecule has 0 spiro atoms. The number of likely N-dealkylation sites (tertiary alicyclic amines) is 1. The van der Waals surface area contributed by atoms with Crippen molar-refractivity contribution in [3.05, 3.63) is 22.4 Å². The van der Waals surface area contributed by atoms with Crippen LogP contribution in [0.3, 0.4) is 0 Å². The van der Waals surface area contributed by atoms with E-state index in [1.165, 1.54) is 44.3 Å². The van der Waals surface area contributed by atoms with Gasteiger partial charge in [-0.05, 0) is 61.2 Å². The van der Waals surface area contributed by atoms with Crippen LogP contribution in [0.4, 0.5) is 0 Å². The van der Waals surface area contributed by atoms with E-state index < -0.39 is 0 Å². The Hall–Kier alpha value is -0.380. The van der Waals surface area contributed by atoms with Crippen molar-refractivity contribution in [2.24, 2.45) is 0 Å². The fourth-order valence-electron chi connectivity index (χ4n) is 2.67. The predicted molar refractivity (Wildman–Crippen MR) is 75.8 cm³/mol. The van der Waals surface area contributed by atoms with Crippen molar-refractivity contribution < 1.29 is 0 Å². The van der Waals surface area contributed by atoms with Crippen molar-refractivity contribution in [2.75, 3.05) is 26.2 Å². The fraction of sp³-hybridized carbons (Fsp3) is 0.714. The van der Waals surface area contributed by atoms with Crippen molar-refractivity contribution in [2.45, 2.75) is 38.6 Å². The molecule has 1 atom stereocenters. The monoisotopic (exact) mass is 252 g/mol. The van der Waals surface area contributed by atoms with Gasteiger partial charge in [-0.2, -0.15) is 11.3 Å². The third-order valence-corrected chi connectivity index (χ3v) is 4.45. The summed E-state index contributed by atoms with van der Waals surface area (Å²) in [5.41, 5.74) is 1.47. The predicted octanol–water partition coefficient (Wildman–Crippen LogP) is 2.75. The third kappa shape index (κ3) is 4.09. The highest BCUT2D eigenvalue weighted by molar-refractivity contribution is 7.07. The standard InChI is InChI=1S/C14H24N2S/c1-2-14-4-3-9-16(14)10-8-15-7-5-13-6-11-17-12-13/h6,11-12,14-15H,2-5,7-10H2,1H3. The van der Waals surface area contributed by atoms with Gasteiger partial charge in [0.2, 0.25) is 0 Å². The molecule has 1 saturated heterocycles. The molecule has 1 aliphatic rings. The van der Waals surface area contributed by atoms with Gasteiger partial charge in [0.15, 0.2) is 0 Å². The van der Waals surface area contributed by atoms with E-state index in [9.17, 15) is 0 Å². The molecule has 2 rings (SSSR count). The molecular formula is C14H24N2S. The van der Waals surface area contributed by atoms with E-state index in [0.29, 0.717) is 0 Å². The summed E-state index contributed by atoms with van der Waals surface area (Å²) in [6.45, 7) is 7.10. The van der Waals surface area contributed by atoms with E-state index in [0.717, 1.165) is 19.1 Å². The maximum atomic E-state index is 3.56. The molecular weight excluding hydrogens is 228 g/mol. The minimum Gasteiger partial charge on any atom is -0.315 e. The molecule has 2 heterocycles. The van der Waals surface area contributed by atoms with Crippen molar-refractivity contribution in [3.8, 4) is 0 Å². The Kier molecular flexibility index (Phi) is 5.49. The van der Waals surface area contributed by atoms with E-state index in [1.54, 1.807) is 11.3 Å². The Balaban J connectivity index is 1.54. The second kappa shape index (κ2) is 7.14. The Morgan fingerprint density at radius 3 is 3.18 bits per heavy atom. The summed E-state index contributed by atoms with van der Waals surface area (Å²) in [7, 11) is 0. The highest BCUT2D eigenvalue weighted by atomic mass is 32.1. The molecule has 0 aliphatic carbocycles. The first-order valence-corrected chi connectivity index (χ1v) is 7.80. The van der Waals surface area contributed by atoms with Crippen molar-refractivity contribution in [1.29, 1.82) is 0 Å². The number of hydrogen-bond acceptors (Lipinski definition) is 3. The molecule has 0 radical (unpaired) electrons. The van der Waals surface area contributed by atoms with Crippen LogP contribution in [0, 0.1) is 0 Å². The number of rotatable bonds is 7. The summed E-state index contributed by atoms with van der Waals surface area (Å²) in [5.74, 6) is 0. The molecule has 1 N–H and O–H groups in total. The maximum Gasteiger partial charge on any atom is 0.0110 e. The van der Waals surface area contributed by atoms with Crippen LogP contribution < -0.4 is 5.32 Å². The number of hydrogen-bond donors (Lipinski definition) is 1. The quantitative estimate of drug-likeness (QED) is 0.751. The molecule has 0 amide bonds. The molecule has 1 aromatic heterocycles. The van der Waals surface area contributed by atoms with Gasteiger partial charge in [-0.3, -0.25) is 4.90 Å². The average molecular weight is 252 g/mol. The topological polar surface area (TPSA) is 15.3 Å². The lowest BCUT2D eigenvalue weighted by Gasteiger charge is -2.23. The van der Waals surface area contributed by atoms with Crippen LogP contribution >= 0.6 is 11.3 Å². The van der Waals surface area contributed by atoms with E-state index in [-0.39, 0.29) is 0 Å².